The number of nitrogens with zero attached hydrogens (tertiary/aromatic N) is 1. The first-order valence-corrected chi connectivity index (χ1v) is 6.49. The Balaban J connectivity index is 2.15. The van der Waals surface area contributed by atoms with Gasteiger partial charge < -0.3 is 11.1 Å². The van der Waals surface area contributed by atoms with Crippen LogP contribution in [0.5, 0.6) is 0 Å². The second-order valence-corrected chi connectivity index (χ2v) is 5.74. The zero-order valence-corrected chi connectivity index (χ0v) is 12.0. The van der Waals surface area contributed by atoms with E-state index in [4.69, 9.17) is 5.73 Å². The van der Waals surface area contributed by atoms with E-state index in [1.807, 2.05) is 24.3 Å². The standard InChI is InChI=1S/C16H19N3O/c1-16(2,3)11-4-6-12(7-5-11)19-15(20)13-10-18-9-8-14(13)17/h4-10H,1-3H3,(H2,17,18)(H,19,20). The fourth-order valence-electron chi connectivity index (χ4n) is 1.85. The number of carbonyl (C=O) groups excluding carboxylic acids is 1. The van der Waals surface area contributed by atoms with Crippen LogP contribution in [0.4, 0.5) is 11.4 Å². The molecule has 1 heterocycles. The number of nitrogens with one attached hydrogen (secondary N) is 1. The maximum absolute atomic E-state index is 12.1. The molecule has 0 bridgehead atoms. The molecule has 104 valence electrons. The normalized spacial score (nSPS) is 11.2. The van der Waals surface area contributed by atoms with Gasteiger partial charge in [-0.1, -0.05) is 32.9 Å². The van der Waals surface area contributed by atoms with Gasteiger partial charge in [0.1, 0.15) is 0 Å². The van der Waals surface area contributed by atoms with Crippen molar-refractivity contribution in [2.75, 3.05) is 11.1 Å². The van der Waals surface area contributed by atoms with Gasteiger partial charge in [0.25, 0.3) is 5.91 Å². The van der Waals surface area contributed by atoms with Crippen molar-refractivity contribution in [3.05, 3.63) is 53.9 Å². The van der Waals surface area contributed by atoms with Crippen molar-refractivity contribution in [1.29, 1.82) is 0 Å². The van der Waals surface area contributed by atoms with Crippen LogP contribution in [0.2, 0.25) is 0 Å². The number of amides is 1. The third-order valence-electron chi connectivity index (χ3n) is 3.11. The van der Waals surface area contributed by atoms with E-state index in [0.717, 1.165) is 5.69 Å². The number of pyridine rings is 1. The van der Waals surface area contributed by atoms with Crippen molar-refractivity contribution in [3.63, 3.8) is 0 Å². The summed E-state index contributed by atoms with van der Waals surface area (Å²) in [5.74, 6) is -0.251. The Labute approximate surface area is 119 Å². The Bertz CT molecular complexity index is 612. The summed E-state index contributed by atoms with van der Waals surface area (Å²) < 4.78 is 0. The van der Waals surface area contributed by atoms with Gasteiger partial charge in [0, 0.05) is 23.8 Å². The molecule has 0 radical (unpaired) electrons. The van der Waals surface area contributed by atoms with Crippen LogP contribution in [0.1, 0.15) is 36.7 Å². The van der Waals surface area contributed by atoms with Crippen molar-refractivity contribution in [1.82, 2.24) is 4.98 Å². The van der Waals surface area contributed by atoms with E-state index >= 15 is 0 Å². The monoisotopic (exact) mass is 269 g/mol. The topological polar surface area (TPSA) is 68.0 Å². The Kier molecular flexibility index (Phi) is 3.74. The highest BCUT2D eigenvalue weighted by atomic mass is 16.1. The number of rotatable bonds is 2. The molecule has 4 heteroatoms. The van der Waals surface area contributed by atoms with Crippen LogP contribution in [-0.2, 0) is 5.41 Å². The van der Waals surface area contributed by atoms with Crippen LogP contribution in [0, 0.1) is 0 Å². The van der Waals surface area contributed by atoms with Crippen molar-refractivity contribution in [3.8, 4) is 0 Å². The van der Waals surface area contributed by atoms with E-state index < -0.39 is 0 Å². The van der Waals surface area contributed by atoms with Gasteiger partial charge in [0.05, 0.1) is 5.56 Å². The van der Waals surface area contributed by atoms with Crippen LogP contribution >= 0.6 is 0 Å². The molecule has 0 fully saturated rings. The van der Waals surface area contributed by atoms with Crippen LogP contribution in [-0.4, -0.2) is 10.9 Å². The summed E-state index contributed by atoms with van der Waals surface area (Å²) in [5, 5.41) is 2.82. The predicted octanol–water partition coefficient (Wildman–Crippen LogP) is 3.21. The summed E-state index contributed by atoms with van der Waals surface area (Å²) in [6, 6.07) is 9.43. The number of carbonyl (C=O) groups is 1. The molecular formula is C16H19N3O. The first-order valence-electron chi connectivity index (χ1n) is 6.49. The molecule has 0 saturated heterocycles. The third kappa shape index (κ3) is 3.15. The molecular weight excluding hydrogens is 250 g/mol. The number of hydrogen-bond donors (Lipinski definition) is 2. The fraction of sp³-hybridized carbons (Fsp3) is 0.250. The van der Waals surface area contributed by atoms with E-state index in [1.165, 1.54) is 11.8 Å². The number of hydrogen-bond acceptors (Lipinski definition) is 3. The number of anilines is 2. The van der Waals surface area contributed by atoms with Crippen molar-refractivity contribution in [2.45, 2.75) is 26.2 Å². The summed E-state index contributed by atoms with van der Waals surface area (Å²) in [4.78, 5) is 16.0. The molecule has 20 heavy (non-hydrogen) atoms. The summed E-state index contributed by atoms with van der Waals surface area (Å²) in [5.41, 5.74) is 8.61. The molecule has 2 aromatic rings. The molecule has 0 aliphatic heterocycles. The minimum atomic E-state index is -0.251. The molecule has 1 aromatic heterocycles. The lowest BCUT2D eigenvalue weighted by molar-refractivity contribution is 0.102. The second-order valence-electron chi connectivity index (χ2n) is 5.74. The van der Waals surface area contributed by atoms with Crippen LogP contribution in [0.15, 0.2) is 42.7 Å². The summed E-state index contributed by atoms with van der Waals surface area (Å²) in [6.45, 7) is 6.45. The summed E-state index contributed by atoms with van der Waals surface area (Å²) in [6.07, 6.45) is 3.03. The average Bonchev–Trinajstić information content (AvgIpc) is 2.38. The average molecular weight is 269 g/mol. The third-order valence-corrected chi connectivity index (χ3v) is 3.11. The summed E-state index contributed by atoms with van der Waals surface area (Å²) >= 11 is 0. The maximum Gasteiger partial charge on any atom is 0.259 e. The zero-order chi connectivity index (χ0) is 14.8. The number of aromatic nitrogens is 1. The second kappa shape index (κ2) is 5.33. The molecule has 0 atom stereocenters. The molecule has 0 saturated carbocycles. The van der Waals surface area contributed by atoms with E-state index in [0.29, 0.717) is 11.3 Å². The number of benzene rings is 1. The van der Waals surface area contributed by atoms with Gasteiger partial charge in [0.15, 0.2) is 0 Å². The molecule has 3 N–H and O–H groups in total. The van der Waals surface area contributed by atoms with Crippen molar-refractivity contribution >= 4 is 17.3 Å². The molecule has 0 aliphatic carbocycles. The minimum absolute atomic E-state index is 0.0936. The van der Waals surface area contributed by atoms with Gasteiger partial charge in [-0.05, 0) is 29.2 Å². The molecule has 0 aliphatic rings. The number of nitrogens with two attached hydrogens (primary N) is 1. The number of nitrogen functional groups attached to an aromatic ring is 1. The Morgan fingerprint density at radius 3 is 2.35 bits per heavy atom. The van der Waals surface area contributed by atoms with E-state index in [1.54, 1.807) is 12.3 Å². The quantitative estimate of drug-likeness (QED) is 0.879. The van der Waals surface area contributed by atoms with E-state index in [-0.39, 0.29) is 11.3 Å². The van der Waals surface area contributed by atoms with E-state index in [9.17, 15) is 4.79 Å². The van der Waals surface area contributed by atoms with Gasteiger partial charge >= 0.3 is 0 Å². The molecule has 0 unspecified atom stereocenters. The molecule has 0 spiro atoms. The molecule has 4 nitrogen and oxygen atoms in total. The zero-order valence-electron chi connectivity index (χ0n) is 12.0. The predicted molar refractivity (Wildman–Crippen MR) is 81.7 cm³/mol. The Hall–Kier alpha value is -2.36. The molecule has 1 aromatic carbocycles. The fourth-order valence-corrected chi connectivity index (χ4v) is 1.85. The van der Waals surface area contributed by atoms with E-state index in [2.05, 4.69) is 31.1 Å². The van der Waals surface area contributed by atoms with Crippen molar-refractivity contribution < 1.29 is 4.79 Å². The first-order chi connectivity index (χ1) is 9.38. The molecule has 2 rings (SSSR count). The van der Waals surface area contributed by atoms with Gasteiger partial charge in [-0.2, -0.15) is 0 Å². The highest BCUT2D eigenvalue weighted by molar-refractivity contribution is 6.07. The summed E-state index contributed by atoms with van der Waals surface area (Å²) in [7, 11) is 0. The van der Waals surface area contributed by atoms with Gasteiger partial charge in [-0.15, -0.1) is 0 Å². The largest absolute Gasteiger partial charge is 0.398 e. The lowest BCUT2D eigenvalue weighted by atomic mass is 9.87. The maximum atomic E-state index is 12.1. The SMILES string of the molecule is CC(C)(C)c1ccc(NC(=O)c2cnccc2N)cc1. The minimum Gasteiger partial charge on any atom is -0.398 e. The highest BCUT2D eigenvalue weighted by Gasteiger charge is 2.14. The Morgan fingerprint density at radius 2 is 1.80 bits per heavy atom. The molecule has 1 amide bonds. The first kappa shape index (κ1) is 14.1. The van der Waals surface area contributed by atoms with Crippen LogP contribution < -0.4 is 11.1 Å². The van der Waals surface area contributed by atoms with Crippen LogP contribution in [0.25, 0.3) is 0 Å². The lowest BCUT2D eigenvalue weighted by Crippen LogP contribution is -2.15. The lowest BCUT2D eigenvalue weighted by Gasteiger charge is -2.19. The Morgan fingerprint density at radius 1 is 1.15 bits per heavy atom. The van der Waals surface area contributed by atoms with Crippen LogP contribution in [0.3, 0.4) is 0 Å². The van der Waals surface area contributed by atoms with Gasteiger partial charge in [-0.25, -0.2) is 0 Å². The highest BCUT2D eigenvalue weighted by Crippen LogP contribution is 2.23. The van der Waals surface area contributed by atoms with Gasteiger partial charge in [0.2, 0.25) is 0 Å². The van der Waals surface area contributed by atoms with Gasteiger partial charge in [-0.3, -0.25) is 9.78 Å². The van der Waals surface area contributed by atoms with Crippen molar-refractivity contribution in [2.24, 2.45) is 0 Å². The smallest absolute Gasteiger partial charge is 0.259 e.